The largest absolute Gasteiger partial charge is 0.440 e. The fourth-order valence-corrected chi connectivity index (χ4v) is 2.51. The maximum atomic E-state index is 12.2. The molecule has 2 heterocycles. The average molecular weight is 349 g/mol. The van der Waals surface area contributed by atoms with Crippen LogP contribution in [0.4, 0.5) is 18.0 Å². The number of carbonyl (C=O) groups excluding carboxylic acids is 2. The van der Waals surface area contributed by atoms with Gasteiger partial charge in [-0.25, -0.2) is 4.79 Å². The first-order valence-corrected chi connectivity index (χ1v) is 7.46. The van der Waals surface area contributed by atoms with E-state index in [0.717, 1.165) is 18.5 Å². The lowest BCUT2D eigenvalue weighted by Crippen LogP contribution is -2.35. The highest BCUT2D eigenvalue weighted by atomic mass is 19.4. The molecule has 1 saturated heterocycles. The van der Waals surface area contributed by atoms with Crippen LogP contribution in [0.1, 0.15) is 36.8 Å². The number of alkyl carbamates (subject to hydrolysis) is 1. The van der Waals surface area contributed by atoms with Crippen LogP contribution in [0.3, 0.4) is 0 Å². The highest BCUT2D eigenvalue weighted by Gasteiger charge is 2.32. The number of rotatable bonds is 5. The summed E-state index contributed by atoms with van der Waals surface area (Å²) in [4.78, 5) is 25.0. The zero-order valence-corrected chi connectivity index (χ0v) is 13.1. The fourth-order valence-electron chi connectivity index (χ4n) is 2.51. The Morgan fingerprint density at radius 1 is 1.50 bits per heavy atom. The van der Waals surface area contributed by atoms with Gasteiger partial charge in [-0.2, -0.15) is 13.2 Å². The van der Waals surface area contributed by atoms with Crippen LogP contribution in [0, 0.1) is 6.92 Å². The SMILES string of the molecule is Cc1cc(C2CCCN2C(=O)CCNC(=O)OCC(F)(F)F)on1. The molecule has 1 aromatic heterocycles. The van der Waals surface area contributed by atoms with E-state index in [1.807, 2.05) is 0 Å². The molecule has 134 valence electrons. The van der Waals surface area contributed by atoms with E-state index in [0.29, 0.717) is 12.3 Å². The molecular formula is C14H18F3N3O4. The number of nitrogens with one attached hydrogen (secondary N) is 1. The monoisotopic (exact) mass is 349 g/mol. The molecule has 1 unspecified atom stereocenters. The van der Waals surface area contributed by atoms with Gasteiger partial charge >= 0.3 is 12.3 Å². The quantitative estimate of drug-likeness (QED) is 0.882. The Hall–Kier alpha value is -2.26. The molecular weight excluding hydrogens is 331 g/mol. The summed E-state index contributed by atoms with van der Waals surface area (Å²) in [5, 5.41) is 5.93. The molecule has 0 aromatic carbocycles. The maximum Gasteiger partial charge on any atom is 0.422 e. The van der Waals surface area contributed by atoms with Gasteiger partial charge in [0.2, 0.25) is 5.91 Å². The molecule has 24 heavy (non-hydrogen) atoms. The normalized spacial score (nSPS) is 17.8. The first-order valence-electron chi connectivity index (χ1n) is 7.46. The van der Waals surface area contributed by atoms with Crippen LogP contribution < -0.4 is 5.32 Å². The summed E-state index contributed by atoms with van der Waals surface area (Å²) in [5.41, 5.74) is 0.721. The lowest BCUT2D eigenvalue weighted by atomic mass is 10.1. The van der Waals surface area contributed by atoms with Gasteiger partial charge in [-0.15, -0.1) is 0 Å². The smallest absolute Gasteiger partial charge is 0.422 e. The lowest BCUT2D eigenvalue weighted by Gasteiger charge is -2.22. The molecule has 1 aliphatic heterocycles. The zero-order valence-electron chi connectivity index (χ0n) is 13.1. The summed E-state index contributed by atoms with van der Waals surface area (Å²) < 4.78 is 44.9. The number of likely N-dealkylation sites (tertiary alicyclic amines) is 1. The van der Waals surface area contributed by atoms with Gasteiger partial charge in [-0.3, -0.25) is 4.79 Å². The topological polar surface area (TPSA) is 84.7 Å². The standard InChI is InChI=1S/C14H18F3N3O4/c1-9-7-11(24-19-9)10-3-2-6-20(10)12(21)4-5-18-13(22)23-8-14(15,16)17/h7,10H,2-6,8H2,1H3,(H,18,22). The van der Waals surface area contributed by atoms with Crippen molar-refractivity contribution < 1.29 is 32.0 Å². The minimum Gasteiger partial charge on any atom is -0.440 e. The Morgan fingerprint density at radius 3 is 2.88 bits per heavy atom. The molecule has 7 nitrogen and oxygen atoms in total. The summed E-state index contributed by atoms with van der Waals surface area (Å²) in [7, 11) is 0. The van der Waals surface area contributed by atoms with Crippen LogP contribution in [0.5, 0.6) is 0 Å². The molecule has 1 atom stereocenters. The van der Waals surface area contributed by atoms with Gasteiger partial charge in [0.25, 0.3) is 0 Å². The number of alkyl halides is 3. The van der Waals surface area contributed by atoms with Gasteiger partial charge in [0.15, 0.2) is 12.4 Å². The minimum atomic E-state index is -4.58. The van der Waals surface area contributed by atoms with Crippen molar-refractivity contribution in [2.45, 2.75) is 38.4 Å². The third-order valence-electron chi connectivity index (χ3n) is 3.52. The summed E-state index contributed by atoms with van der Waals surface area (Å²) in [6.07, 6.45) is -4.25. The van der Waals surface area contributed by atoms with Gasteiger partial charge in [0.1, 0.15) is 0 Å². The minimum absolute atomic E-state index is 0.0370. The van der Waals surface area contributed by atoms with Gasteiger partial charge in [-0.1, -0.05) is 5.16 Å². The first kappa shape index (κ1) is 18.1. The van der Waals surface area contributed by atoms with Gasteiger partial charge in [0, 0.05) is 25.6 Å². The number of ether oxygens (including phenoxy) is 1. The second-order valence-electron chi connectivity index (χ2n) is 5.48. The van der Waals surface area contributed by atoms with Gasteiger partial charge in [-0.05, 0) is 19.8 Å². The number of halogens is 3. The lowest BCUT2D eigenvalue weighted by molar-refractivity contribution is -0.160. The van der Waals surface area contributed by atoms with E-state index < -0.39 is 18.9 Å². The van der Waals surface area contributed by atoms with Crippen LogP contribution >= 0.6 is 0 Å². The molecule has 0 spiro atoms. The molecule has 0 saturated carbocycles. The van der Waals surface area contributed by atoms with Crippen molar-refractivity contribution in [2.75, 3.05) is 19.7 Å². The maximum absolute atomic E-state index is 12.2. The summed E-state index contributed by atoms with van der Waals surface area (Å²) in [5.74, 6) is 0.388. The number of hydrogen-bond acceptors (Lipinski definition) is 5. The average Bonchev–Trinajstić information content (AvgIpc) is 3.12. The van der Waals surface area contributed by atoms with Crippen molar-refractivity contribution in [3.8, 4) is 0 Å². The van der Waals surface area contributed by atoms with Crippen molar-refractivity contribution in [2.24, 2.45) is 0 Å². The Labute approximate surface area is 136 Å². The van der Waals surface area contributed by atoms with Crippen molar-refractivity contribution >= 4 is 12.0 Å². The van der Waals surface area contributed by atoms with Crippen LogP contribution in [0.2, 0.25) is 0 Å². The Balaban J connectivity index is 1.77. The van der Waals surface area contributed by atoms with Crippen molar-refractivity contribution in [3.05, 3.63) is 17.5 Å². The number of aryl methyl sites for hydroxylation is 1. The van der Waals surface area contributed by atoms with E-state index in [1.54, 1.807) is 17.9 Å². The number of hydrogen-bond donors (Lipinski definition) is 1. The van der Waals surface area contributed by atoms with Gasteiger partial charge in [0.05, 0.1) is 11.7 Å². The number of carbonyl (C=O) groups is 2. The summed E-state index contributed by atoms with van der Waals surface area (Å²) in [6.45, 7) is 0.576. The van der Waals surface area contributed by atoms with Crippen molar-refractivity contribution in [3.63, 3.8) is 0 Å². The zero-order chi connectivity index (χ0) is 17.7. The van der Waals surface area contributed by atoms with Crippen molar-refractivity contribution in [1.29, 1.82) is 0 Å². The highest BCUT2D eigenvalue weighted by molar-refractivity contribution is 5.78. The van der Waals surface area contributed by atoms with E-state index in [4.69, 9.17) is 4.52 Å². The highest BCUT2D eigenvalue weighted by Crippen LogP contribution is 2.32. The molecule has 1 aliphatic rings. The fraction of sp³-hybridized carbons (Fsp3) is 0.643. The first-order chi connectivity index (χ1) is 11.3. The molecule has 0 radical (unpaired) electrons. The molecule has 10 heteroatoms. The van der Waals surface area contributed by atoms with E-state index >= 15 is 0 Å². The molecule has 2 rings (SSSR count). The predicted molar refractivity (Wildman–Crippen MR) is 75.0 cm³/mol. The summed E-state index contributed by atoms with van der Waals surface area (Å²) >= 11 is 0. The van der Waals surface area contributed by atoms with Crippen LogP contribution in [-0.2, 0) is 9.53 Å². The van der Waals surface area contributed by atoms with Crippen molar-refractivity contribution in [1.82, 2.24) is 15.4 Å². The molecule has 1 aromatic rings. The molecule has 2 amide bonds. The van der Waals surface area contributed by atoms with Crippen LogP contribution in [0.25, 0.3) is 0 Å². The molecule has 0 bridgehead atoms. The number of amides is 2. The second kappa shape index (κ2) is 7.54. The van der Waals surface area contributed by atoms with E-state index in [9.17, 15) is 22.8 Å². The van der Waals surface area contributed by atoms with Gasteiger partial charge < -0.3 is 19.5 Å². The van der Waals surface area contributed by atoms with E-state index in [-0.39, 0.29) is 24.9 Å². The second-order valence-corrected chi connectivity index (χ2v) is 5.48. The third-order valence-corrected chi connectivity index (χ3v) is 3.52. The molecule has 1 fully saturated rings. The Morgan fingerprint density at radius 2 is 2.25 bits per heavy atom. The van der Waals surface area contributed by atoms with Crippen LogP contribution in [0.15, 0.2) is 10.6 Å². The Bertz CT molecular complexity index is 588. The molecule has 1 N–H and O–H groups in total. The predicted octanol–water partition coefficient (Wildman–Crippen LogP) is 2.33. The Kier molecular flexibility index (Phi) is 5.68. The summed E-state index contributed by atoms with van der Waals surface area (Å²) in [6, 6.07) is 1.57. The van der Waals surface area contributed by atoms with E-state index in [1.165, 1.54) is 0 Å². The van der Waals surface area contributed by atoms with Crippen LogP contribution in [-0.4, -0.2) is 47.9 Å². The molecule has 0 aliphatic carbocycles. The number of aromatic nitrogens is 1. The van der Waals surface area contributed by atoms with E-state index in [2.05, 4.69) is 15.2 Å². The third kappa shape index (κ3) is 5.14. The number of nitrogens with zero attached hydrogens (tertiary/aromatic N) is 2.